The van der Waals surface area contributed by atoms with Crippen LogP contribution in [0.15, 0.2) is 16.9 Å². The van der Waals surface area contributed by atoms with Crippen LogP contribution in [0, 0.1) is 5.92 Å². The second kappa shape index (κ2) is 5.94. The van der Waals surface area contributed by atoms with E-state index in [0.717, 1.165) is 0 Å². The normalized spacial score (nSPS) is 21.4. The Balaban J connectivity index is 2.35. The van der Waals surface area contributed by atoms with E-state index < -0.39 is 17.4 Å². The molecule has 0 saturated carbocycles. The Morgan fingerprint density at radius 2 is 2.09 bits per heavy atom. The number of nitrogens with one attached hydrogen (secondary N) is 1. The van der Waals surface area contributed by atoms with E-state index in [1.54, 1.807) is 13.0 Å². The van der Waals surface area contributed by atoms with Crippen LogP contribution >= 0.6 is 0 Å². The quantitative estimate of drug-likeness (QED) is 0.885. The molecule has 0 radical (unpaired) electrons. The van der Waals surface area contributed by atoms with Gasteiger partial charge in [-0.2, -0.15) is 0 Å². The fourth-order valence-corrected chi connectivity index (χ4v) is 2.94. The van der Waals surface area contributed by atoms with Gasteiger partial charge in [0.05, 0.1) is 0 Å². The molecule has 1 aromatic rings. The number of aromatic amines is 1. The molecule has 120 valence electrons. The van der Waals surface area contributed by atoms with Gasteiger partial charge in [0.15, 0.2) is 0 Å². The molecule has 2 N–H and O–H groups in total. The minimum atomic E-state index is -1.20. The van der Waals surface area contributed by atoms with Crippen LogP contribution in [0.5, 0.6) is 0 Å². The molecule has 6 nitrogen and oxygen atoms in total. The molecule has 1 amide bonds. The lowest BCUT2D eigenvalue weighted by Crippen LogP contribution is -2.50. The smallest absolute Gasteiger partial charge is 0.329 e. The molecule has 1 aromatic heterocycles. The number of amides is 1. The second-order valence-electron chi connectivity index (χ2n) is 6.50. The van der Waals surface area contributed by atoms with Gasteiger partial charge in [0, 0.05) is 23.9 Å². The maximum Gasteiger partial charge on any atom is 0.329 e. The Bertz CT molecular complexity index is 650. The fraction of sp³-hybridized carbons (Fsp3) is 0.562. The number of likely N-dealkylation sites (tertiary alicyclic amines) is 1. The van der Waals surface area contributed by atoms with E-state index in [1.807, 2.05) is 13.8 Å². The molecule has 1 saturated heterocycles. The predicted molar refractivity (Wildman–Crippen MR) is 81.9 cm³/mol. The number of nitrogens with zero attached hydrogens (tertiary/aromatic N) is 1. The van der Waals surface area contributed by atoms with Crippen LogP contribution in [-0.2, 0) is 11.2 Å². The van der Waals surface area contributed by atoms with Crippen molar-refractivity contribution in [1.29, 1.82) is 0 Å². The lowest BCUT2D eigenvalue weighted by molar-refractivity contribution is -0.147. The summed E-state index contributed by atoms with van der Waals surface area (Å²) >= 11 is 0. The lowest BCUT2D eigenvalue weighted by Gasteiger charge is -2.31. The average molecular weight is 306 g/mol. The number of rotatable bonds is 4. The van der Waals surface area contributed by atoms with Crippen LogP contribution in [0.4, 0.5) is 0 Å². The molecule has 0 spiro atoms. The first-order valence-electron chi connectivity index (χ1n) is 7.52. The number of aromatic nitrogens is 1. The number of carboxylic acid groups (broad SMARTS) is 1. The van der Waals surface area contributed by atoms with Crippen molar-refractivity contribution in [2.75, 3.05) is 6.54 Å². The van der Waals surface area contributed by atoms with Crippen molar-refractivity contribution in [3.63, 3.8) is 0 Å². The van der Waals surface area contributed by atoms with Gasteiger partial charge in [-0.05, 0) is 38.2 Å². The molecule has 1 atom stereocenters. The topological polar surface area (TPSA) is 90.5 Å². The summed E-state index contributed by atoms with van der Waals surface area (Å²) in [5.41, 5.74) is -0.577. The van der Waals surface area contributed by atoms with E-state index in [2.05, 4.69) is 4.98 Å². The molecule has 22 heavy (non-hydrogen) atoms. The maximum atomic E-state index is 12.7. The van der Waals surface area contributed by atoms with Crippen LogP contribution in [0.25, 0.3) is 0 Å². The molecule has 0 aromatic carbocycles. The summed E-state index contributed by atoms with van der Waals surface area (Å²) in [6.45, 7) is 6.00. The van der Waals surface area contributed by atoms with Crippen molar-refractivity contribution >= 4 is 11.9 Å². The predicted octanol–water partition coefficient (Wildman–Crippen LogP) is 1.65. The summed E-state index contributed by atoms with van der Waals surface area (Å²) in [6.07, 6.45) is 1.74. The zero-order valence-corrected chi connectivity index (χ0v) is 13.2. The van der Waals surface area contributed by atoms with Crippen molar-refractivity contribution in [2.45, 2.75) is 45.6 Å². The van der Waals surface area contributed by atoms with E-state index in [1.165, 1.54) is 11.0 Å². The molecular weight excluding hydrogens is 284 g/mol. The third-order valence-electron chi connectivity index (χ3n) is 4.12. The first-order chi connectivity index (χ1) is 10.2. The third kappa shape index (κ3) is 3.05. The number of hydrogen-bond donors (Lipinski definition) is 2. The van der Waals surface area contributed by atoms with Crippen LogP contribution < -0.4 is 5.56 Å². The van der Waals surface area contributed by atoms with Crippen molar-refractivity contribution in [3.8, 4) is 0 Å². The number of hydrogen-bond acceptors (Lipinski definition) is 3. The van der Waals surface area contributed by atoms with Crippen LogP contribution in [-0.4, -0.2) is 39.0 Å². The summed E-state index contributed by atoms with van der Waals surface area (Å²) in [6, 6.07) is 2.90. The number of carbonyl (C=O) groups is 2. The molecule has 2 heterocycles. The zero-order chi connectivity index (χ0) is 16.5. The number of carboxylic acids is 1. The Hall–Kier alpha value is -2.11. The summed E-state index contributed by atoms with van der Waals surface area (Å²) in [4.78, 5) is 40.0. The minimum absolute atomic E-state index is 0.258. The van der Waals surface area contributed by atoms with Crippen molar-refractivity contribution < 1.29 is 14.7 Å². The van der Waals surface area contributed by atoms with Gasteiger partial charge in [-0.15, -0.1) is 0 Å². The molecule has 1 fully saturated rings. The number of aliphatic carboxylic acids is 1. The van der Waals surface area contributed by atoms with Gasteiger partial charge in [-0.25, -0.2) is 4.79 Å². The van der Waals surface area contributed by atoms with Gasteiger partial charge >= 0.3 is 5.97 Å². The summed E-state index contributed by atoms with van der Waals surface area (Å²) in [5, 5.41) is 9.41. The van der Waals surface area contributed by atoms with Gasteiger partial charge in [0.1, 0.15) is 5.54 Å². The zero-order valence-electron chi connectivity index (χ0n) is 13.2. The van der Waals surface area contributed by atoms with Crippen molar-refractivity contribution in [1.82, 2.24) is 9.88 Å². The van der Waals surface area contributed by atoms with E-state index >= 15 is 0 Å². The van der Waals surface area contributed by atoms with E-state index in [4.69, 9.17) is 0 Å². The SMILES string of the molecule is CC(C)Cc1cc(C(=O)N2CCCC2(C)C(=O)O)cc(=O)[nH]1. The van der Waals surface area contributed by atoms with Gasteiger partial charge in [-0.3, -0.25) is 9.59 Å². The summed E-state index contributed by atoms with van der Waals surface area (Å²) < 4.78 is 0. The van der Waals surface area contributed by atoms with Gasteiger partial charge < -0.3 is 15.0 Å². The first kappa shape index (κ1) is 16.3. The molecular formula is C16H22N2O4. The molecule has 6 heteroatoms. The molecule has 0 aliphatic carbocycles. The lowest BCUT2D eigenvalue weighted by atomic mass is 9.98. The Labute approximate surface area is 129 Å². The minimum Gasteiger partial charge on any atom is -0.480 e. The number of carbonyl (C=O) groups excluding carboxylic acids is 1. The van der Waals surface area contributed by atoms with Crippen molar-refractivity contribution in [2.24, 2.45) is 5.92 Å². The van der Waals surface area contributed by atoms with Crippen LogP contribution in [0.1, 0.15) is 49.7 Å². The van der Waals surface area contributed by atoms with E-state index in [0.29, 0.717) is 37.4 Å². The monoisotopic (exact) mass is 306 g/mol. The van der Waals surface area contributed by atoms with Crippen LogP contribution in [0.3, 0.4) is 0 Å². The highest BCUT2D eigenvalue weighted by molar-refractivity contribution is 5.98. The van der Waals surface area contributed by atoms with E-state index in [9.17, 15) is 19.5 Å². The molecule has 2 rings (SSSR count). The highest BCUT2D eigenvalue weighted by atomic mass is 16.4. The molecule has 1 aliphatic rings. The molecule has 0 bridgehead atoms. The number of H-pyrrole nitrogens is 1. The average Bonchev–Trinajstić information content (AvgIpc) is 2.80. The molecule has 1 unspecified atom stereocenters. The fourth-order valence-electron chi connectivity index (χ4n) is 2.94. The standard InChI is InChI=1S/C16H22N2O4/c1-10(2)7-12-8-11(9-13(19)17-12)14(20)18-6-4-5-16(18,3)15(21)22/h8-10H,4-7H2,1-3H3,(H,17,19)(H,21,22). The van der Waals surface area contributed by atoms with Crippen LogP contribution in [0.2, 0.25) is 0 Å². The Morgan fingerprint density at radius 3 is 2.68 bits per heavy atom. The largest absolute Gasteiger partial charge is 0.480 e. The van der Waals surface area contributed by atoms with E-state index in [-0.39, 0.29) is 11.1 Å². The van der Waals surface area contributed by atoms with Gasteiger partial charge in [-0.1, -0.05) is 13.8 Å². The second-order valence-corrected chi connectivity index (χ2v) is 6.50. The van der Waals surface area contributed by atoms with Gasteiger partial charge in [0.2, 0.25) is 5.56 Å². The van der Waals surface area contributed by atoms with Gasteiger partial charge in [0.25, 0.3) is 5.91 Å². The Morgan fingerprint density at radius 1 is 1.41 bits per heavy atom. The summed E-state index contributed by atoms with van der Waals surface area (Å²) in [5.74, 6) is -1.05. The highest BCUT2D eigenvalue weighted by Crippen LogP contribution is 2.30. The maximum absolute atomic E-state index is 12.7. The molecule has 1 aliphatic heterocycles. The number of pyridine rings is 1. The summed E-state index contributed by atoms with van der Waals surface area (Å²) in [7, 11) is 0. The third-order valence-corrected chi connectivity index (χ3v) is 4.12. The Kier molecular flexibility index (Phi) is 4.39. The van der Waals surface area contributed by atoms with Crippen molar-refractivity contribution in [3.05, 3.63) is 33.7 Å². The highest BCUT2D eigenvalue weighted by Gasteiger charge is 2.46. The first-order valence-corrected chi connectivity index (χ1v) is 7.52.